The normalized spacial score (nSPS) is 11.6. The number of carbonyl (C=O) groups is 1. The second-order valence-electron chi connectivity index (χ2n) is 3.99. The third-order valence-corrected chi connectivity index (χ3v) is 2.44. The van der Waals surface area contributed by atoms with E-state index in [2.05, 4.69) is 12.2 Å². The van der Waals surface area contributed by atoms with Gasteiger partial charge >= 0.3 is 0 Å². The molecule has 92 valence electrons. The molecule has 0 heterocycles. The number of unbranched alkanes of at least 4 members (excludes halogenated alkanes) is 6. The predicted octanol–water partition coefficient (Wildman–Crippen LogP) is 2.99. The number of carbonyl (C=O) groups excluding carboxylic acids is 1. The highest BCUT2D eigenvalue weighted by Gasteiger charge is 1.91. The Kier molecular flexibility index (Phi) is 11.2. The Morgan fingerprint density at radius 3 is 2.25 bits per heavy atom. The summed E-state index contributed by atoms with van der Waals surface area (Å²) in [6, 6.07) is 0. The Balaban J connectivity index is 3.07. The number of aliphatic carboxylic acids is 1. The molecule has 16 heavy (non-hydrogen) atoms. The van der Waals surface area contributed by atoms with Gasteiger partial charge in [0.15, 0.2) is 0 Å². The van der Waals surface area contributed by atoms with Gasteiger partial charge in [0.2, 0.25) is 0 Å². The molecule has 0 atom stereocenters. The van der Waals surface area contributed by atoms with Crippen molar-refractivity contribution in [3.8, 4) is 0 Å². The zero-order valence-corrected chi connectivity index (χ0v) is 10.3. The van der Waals surface area contributed by atoms with E-state index in [0.29, 0.717) is 0 Å². The second kappa shape index (κ2) is 12.0. The first-order chi connectivity index (χ1) is 7.77. The van der Waals surface area contributed by atoms with E-state index in [1.54, 1.807) is 0 Å². The molecule has 0 spiro atoms. The highest BCUT2D eigenvalue weighted by molar-refractivity contribution is 5.63. The zero-order valence-electron chi connectivity index (χ0n) is 10.3. The Bertz CT molecular complexity index is 217. The molecule has 0 bridgehead atoms. The molecule has 0 unspecified atom stereocenters. The lowest BCUT2D eigenvalue weighted by atomic mass is 10.1. The Morgan fingerprint density at radius 2 is 1.62 bits per heavy atom. The molecule has 0 aliphatic carbocycles. The third-order valence-electron chi connectivity index (χ3n) is 2.44. The molecule has 0 saturated carbocycles. The quantitative estimate of drug-likeness (QED) is 0.422. The molecule has 0 aromatic rings. The highest BCUT2D eigenvalue weighted by atomic mass is 16.4. The van der Waals surface area contributed by atoms with Crippen molar-refractivity contribution < 1.29 is 9.90 Å². The number of rotatable bonds is 10. The highest BCUT2D eigenvalue weighted by Crippen LogP contribution is 2.08. The summed E-state index contributed by atoms with van der Waals surface area (Å²) in [5.41, 5.74) is 0. The Labute approximate surface area is 99.1 Å². The lowest BCUT2D eigenvalue weighted by Crippen LogP contribution is -2.21. The van der Waals surface area contributed by atoms with Gasteiger partial charge in [0.1, 0.15) is 0 Å². The maximum atomic E-state index is 10.1. The Hall–Kier alpha value is -1.05. The van der Waals surface area contributed by atoms with E-state index in [4.69, 9.17) is 0 Å². The number of carboxylic acids is 1. The summed E-state index contributed by atoms with van der Waals surface area (Å²) in [4.78, 5) is 10.1. The van der Waals surface area contributed by atoms with Crippen molar-refractivity contribution in [2.24, 2.45) is 0 Å². The molecule has 0 aliphatic heterocycles. The van der Waals surface area contributed by atoms with Crippen LogP contribution in [0, 0.1) is 0 Å². The molecule has 0 amide bonds. The number of allylic oxidation sites excluding steroid dienone is 4. The molecule has 0 aromatic carbocycles. The van der Waals surface area contributed by atoms with Gasteiger partial charge in [-0.25, -0.2) is 0 Å². The van der Waals surface area contributed by atoms with Gasteiger partial charge in [0.05, 0.1) is 0 Å². The summed E-state index contributed by atoms with van der Waals surface area (Å²) in [6.07, 6.45) is 16.3. The summed E-state index contributed by atoms with van der Waals surface area (Å²) in [6.45, 7) is 2.01. The van der Waals surface area contributed by atoms with Gasteiger partial charge < -0.3 is 9.90 Å². The molecule has 0 rings (SSSR count). The van der Waals surface area contributed by atoms with E-state index >= 15 is 0 Å². The lowest BCUT2D eigenvalue weighted by molar-refractivity contribution is -0.305. The van der Waals surface area contributed by atoms with Gasteiger partial charge in [-0.2, -0.15) is 0 Å². The summed E-state index contributed by atoms with van der Waals surface area (Å²) >= 11 is 0. The van der Waals surface area contributed by atoms with E-state index in [-0.39, 0.29) is 6.42 Å². The number of hydrogen-bond acceptors (Lipinski definition) is 2. The van der Waals surface area contributed by atoms with Crippen molar-refractivity contribution in [3.63, 3.8) is 0 Å². The summed E-state index contributed by atoms with van der Waals surface area (Å²) in [5.74, 6) is -0.922. The molecule has 0 fully saturated rings. The summed E-state index contributed by atoms with van der Waals surface area (Å²) < 4.78 is 0. The van der Waals surface area contributed by atoms with Crippen LogP contribution in [-0.2, 0) is 4.79 Å². The van der Waals surface area contributed by atoms with E-state index in [1.807, 2.05) is 19.1 Å². The minimum atomic E-state index is -0.922. The van der Waals surface area contributed by atoms with E-state index in [9.17, 15) is 9.90 Å². The summed E-state index contributed by atoms with van der Waals surface area (Å²) in [5, 5.41) is 10.1. The second-order valence-corrected chi connectivity index (χ2v) is 3.99. The van der Waals surface area contributed by atoms with Gasteiger partial charge in [-0.15, -0.1) is 0 Å². The standard InChI is InChI=1S/C14H24O2/c1-2-3-4-5-6-7-8-9-10-11-12-13-14(15)16/h2-5H,6-13H2,1H3,(H,15,16)/p-1/b3-2+,5-4+. The van der Waals surface area contributed by atoms with Gasteiger partial charge in [0, 0.05) is 5.97 Å². The van der Waals surface area contributed by atoms with Crippen molar-refractivity contribution in [1.29, 1.82) is 0 Å². The van der Waals surface area contributed by atoms with Gasteiger partial charge in [-0.05, 0) is 32.6 Å². The molecule has 2 heteroatoms. The first-order valence-electron chi connectivity index (χ1n) is 6.25. The van der Waals surface area contributed by atoms with Crippen LogP contribution in [0.1, 0.15) is 58.3 Å². The van der Waals surface area contributed by atoms with Gasteiger partial charge in [-0.3, -0.25) is 0 Å². The maximum absolute atomic E-state index is 10.1. The van der Waals surface area contributed by atoms with Crippen molar-refractivity contribution in [1.82, 2.24) is 0 Å². The van der Waals surface area contributed by atoms with E-state index in [1.165, 1.54) is 19.3 Å². The third kappa shape index (κ3) is 12.9. The van der Waals surface area contributed by atoms with Crippen molar-refractivity contribution in [3.05, 3.63) is 24.3 Å². The molecule has 0 aliphatic rings. The molecule has 0 N–H and O–H groups in total. The minimum absolute atomic E-state index is 0.214. The molecule has 2 nitrogen and oxygen atoms in total. The fourth-order valence-corrected chi connectivity index (χ4v) is 1.52. The van der Waals surface area contributed by atoms with E-state index in [0.717, 1.165) is 25.7 Å². The average molecular weight is 223 g/mol. The van der Waals surface area contributed by atoms with Crippen LogP contribution in [-0.4, -0.2) is 5.97 Å². The van der Waals surface area contributed by atoms with Crippen LogP contribution < -0.4 is 5.11 Å². The van der Waals surface area contributed by atoms with Crippen molar-refractivity contribution in [2.45, 2.75) is 58.3 Å². The van der Waals surface area contributed by atoms with Crippen LogP contribution in [0.3, 0.4) is 0 Å². The van der Waals surface area contributed by atoms with Crippen LogP contribution in [0.15, 0.2) is 24.3 Å². The van der Waals surface area contributed by atoms with Crippen molar-refractivity contribution in [2.75, 3.05) is 0 Å². The monoisotopic (exact) mass is 223 g/mol. The van der Waals surface area contributed by atoms with Gasteiger partial charge in [-0.1, -0.05) is 50.0 Å². The molecule has 0 saturated heterocycles. The SMILES string of the molecule is C/C=C/C=C/CCCCCCCCC(=O)[O-]. The molecule has 0 aromatic heterocycles. The molecular formula is C14H23O2-. The average Bonchev–Trinajstić information content (AvgIpc) is 2.25. The zero-order chi connectivity index (χ0) is 12.1. The molecule has 0 radical (unpaired) electrons. The van der Waals surface area contributed by atoms with Crippen LogP contribution in [0.2, 0.25) is 0 Å². The number of hydrogen-bond donors (Lipinski definition) is 0. The fourth-order valence-electron chi connectivity index (χ4n) is 1.52. The Morgan fingerprint density at radius 1 is 1.00 bits per heavy atom. The van der Waals surface area contributed by atoms with Crippen LogP contribution >= 0.6 is 0 Å². The largest absolute Gasteiger partial charge is 0.550 e. The van der Waals surface area contributed by atoms with Crippen LogP contribution in [0.25, 0.3) is 0 Å². The van der Waals surface area contributed by atoms with Gasteiger partial charge in [0.25, 0.3) is 0 Å². The first kappa shape index (κ1) is 14.9. The number of carboxylic acid groups (broad SMARTS) is 1. The van der Waals surface area contributed by atoms with Crippen LogP contribution in [0.5, 0.6) is 0 Å². The fraction of sp³-hybridized carbons (Fsp3) is 0.643. The smallest absolute Gasteiger partial charge is 0.0414 e. The minimum Gasteiger partial charge on any atom is -0.550 e. The van der Waals surface area contributed by atoms with Crippen LogP contribution in [0.4, 0.5) is 0 Å². The van der Waals surface area contributed by atoms with E-state index < -0.39 is 5.97 Å². The predicted molar refractivity (Wildman–Crippen MR) is 65.9 cm³/mol. The van der Waals surface area contributed by atoms with Crippen molar-refractivity contribution >= 4 is 5.97 Å². The maximum Gasteiger partial charge on any atom is 0.0414 e. The first-order valence-corrected chi connectivity index (χ1v) is 6.25. The lowest BCUT2D eigenvalue weighted by Gasteiger charge is -2.01. The topological polar surface area (TPSA) is 40.1 Å². The molecular weight excluding hydrogens is 200 g/mol. The summed E-state index contributed by atoms with van der Waals surface area (Å²) in [7, 11) is 0.